The molecule has 0 radical (unpaired) electrons. The summed E-state index contributed by atoms with van der Waals surface area (Å²) in [7, 11) is -4.83. The Balaban J connectivity index is 0. The van der Waals surface area contributed by atoms with Gasteiger partial charge in [0.15, 0.2) is 0 Å². The van der Waals surface area contributed by atoms with Gasteiger partial charge in [-0.05, 0) is 20.8 Å². The Bertz CT molecular complexity index is 488. The Morgan fingerprint density at radius 1 is 1.19 bits per heavy atom. The molecule has 0 aromatic carbocycles. The number of ether oxygens (including phenoxy) is 1. The van der Waals surface area contributed by atoms with Crippen molar-refractivity contribution in [1.29, 1.82) is 0 Å². The summed E-state index contributed by atoms with van der Waals surface area (Å²) in [6, 6.07) is 0. The Morgan fingerprint density at radius 3 is 1.95 bits per heavy atom. The summed E-state index contributed by atoms with van der Waals surface area (Å²) in [6.07, 6.45) is -0.857. The number of aliphatic carboxylic acids is 1. The van der Waals surface area contributed by atoms with E-state index in [1.54, 1.807) is 20.8 Å². The number of amides is 1. The van der Waals surface area contributed by atoms with Crippen LogP contribution in [-0.2, 0) is 19.6 Å². The molecular weight excluding hydrogens is 324 g/mol. The smallest absolute Gasteiger partial charge is 0.748 e. The van der Waals surface area contributed by atoms with Crippen molar-refractivity contribution in [2.24, 2.45) is 5.92 Å². The van der Waals surface area contributed by atoms with Gasteiger partial charge in [0.05, 0.1) is 15.4 Å². The van der Waals surface area contributed by atoms with E-state index < -0.39 is 52.0 Å². The van der Waals surface area contributed by atoms with Gasteiger partial charge in [-0.1, -0.05) is 0 Å². The number of carbonyl (C=O) groups excluding carboxylic acids is 2. The van der Waals surface area contributed by atoms with Gasteiger partial charge in [0.2, 0.25) is 0 Å². The molecule has 1 rings (SSSR count). The first-order valence-electron chi connectivity index (χ1n) is 5.55. The molecule has 0 bridgehead atoms. The van der Waals surface area contributed by atoms with Crippen LogP contribution in [-0.4, -0.2) is 53.9 Å². The number of carboxylic acids is 1. The van der Waals surface area contributed by atoms with Gasteiger partial charge in [-0.25, -0.2) is 13.2 Å². The summed E-state index contributed by atoms with van der Waals surface area (Å²) < 4.78 is 37.9. The zero-order valence-electron chi connectivity index (χ0n) is 12.8. The topological polar surface area (TPSA) is 127 Å². The molecule has 1 heterocycles. The molecular formula is C10H15NNa2O7S. The molecule has 0 aromatic heterocycles. The van der Waals surface area contributed by atoms with Crippen molar-refractivity contribution in [2.75, 3.05) is 13.1 Å². The van der Waals surface area contributed by atoms with Crippen LogP contribution in [0.2, 0.25) is 0 Å². The van der Waals surface area contributed by atoms with E-state index in [-0.39, 0.29) is 59.1 Å². The summed E-state index contributed by atoms with van der Waals surface area (Å²) in [4.78, 5) is 23.4. The minimum absolute atomic E-state index is 0. The van der Waals surface area contributed by atoms with Crippen molar-refractivity contribution in [2.45, 2.75) is 31.6 Å². The molecule has 110 valence electrons. The van der Waals surface area contributed by atoms with Crippen LogP contribution in [0.25, 0.3) is 0 Å². The summed E-state index contributed by atoms with van der Waals surface area (Å²) in [5.74, 6) is -3.20. The van der Waals surface area contributed by atoms with Gasteiger partial charge in [0, 0.05) is 25.0 Å². The predicted molar refractivity (Wildman–Crippen MR) is 59.8 cm³/mol. The molecule has 11 heteroatoms. The van der Waals surface area contributed by atoms with Gasteiger partial charge >= 0.3 is 65.2 Å². The third kappa shape index (κ3) is 7.17. The summed E-state index contributed by atoms with van der Waals surface area (Å²) in [6.45, 7) is 3.92. The molecule has 2 unspecified atom stereocenters. The predicted octanol–water partition coefficient (Wildman–Crippen LogP) is -7.48. The standard InChI is InChI=1S/C10H17NO7S.2Na/c1-10(2,3)18-9(14)11-4-6(8(12)13)7(5-11)19(15,16)17;;/h6-7H,4-5H2,1-3H3,(H,12,13)(H,15,16,17);;/q;2*+1/p-2. The molecule has 1 aliphatic heterocycles. The van der Waals surface area contributed by atoms with Crippen molar-refractivity contribution in [1.82, 2.24) is 4.90 Å². The van der Waals surface area contributed by atoms with Gasteiger partial charge in [-0.15, -0.1) is 0 Å². The Hall–Kier alpha value is 0.650. The number of nitrogens with zero attached hydrogens (tertiary/aromatic N) is 1. The fraction of sp³-hybridized carbons (Fsp3) is 0.800. The van der Waals surface area contributed by atoms with Crippen LogP contribution >= 0.6 is 0 Å². The van der Waals surface area contributed by atoms with Gasteiger partial charge in [-0.2, -0.15) is 0 Å². The summed E-state index contributed by atoms with van der Waals surface area (Å²) >= 11 is 0. The van der Waals surface area contributed by atoms with Crippen molar-refractivity contribution in [3.05, 3.63) is 0 Å². The number of hydrogen-bond donors (Lipinski definition) is 0. The normalized spacial score (nSPS) is 22.0. The molecule has 1 amide bonds. The molecule has 0 aromatic rings. The Labute approximate surface area is 167 Å². The Morgan fingerprint density at radius 2 is 1.67 bits per heavy atom. The molecule has 2 atom stereocenters. The van der Waals surface area contributed by atoms with Crippen LogP contribution in [0.3, 0.4) is 0 Å². The monoisotopic (exact) mass is 339 g/mol. The Kier molecular flexibility index (Phi) is 9.66. The van der Waals surface area contributed by atoms with Crippen LogP contribution in [0.1, 0.15) is 20.8 Å². The second kappa shape index (κ2) is 8.49. The van der Waals surface area contributed by atoms with E-state index in [1.165, 1.54) is 0 Å². The second-order valence-corrected chi connectivity index (χ2v) is 6.93. The number of hydrogen-bond acceptors (Lipinski definition) is 7. The minimum atomic E-state index is -4.83. The van der Waals surface area contributed by atoms with Crippen molar-refractivity contribution < 1.29 is 91.5 Å². The molecule has 1 fully saturated rings. The van der Waals surface area contributed by atoms with Gasteiger partial charge in [-0.3, -0.25) is 0 Å². The third-order valence-electron chi connectivity index (χ3n) is 2.59. The number of rotatable bonds is 2. The summed E-state index contributed by atoms with van der Waals surface area (Å²) in [5, 5.41) is 9.12. The molecule has 0 spiro atoms. The largest absolute Gasteiger partial charge is 1.00 e. The molecule has 1 aliphatic rings. The van der Waals surface area contributed by atoms with Gasteiger partial charge in [0.25, 0.3) is 0 Å². The van der Waals surface area contributed by atoms with Crippen LogP contribution in [0.4, 0.5) is 4.79 Å². The fourth-order valence-corrected chi connectivity index (χ4v) is 2.73. The van der Waals surface area contributed by atoms with E-state index in [4.69, 9.17) is 4.74 Å². The summed E-state index contributed by atoms with van der Waals surface area (Å²) in [5.41, 5.74) is -0.803. The minimum Gasteiger partial charge on any atom is -0.748 e. The van der Waals surface area contributed by atoms with Crippen LogP contribution in [0.5, 0.6) is 0 Å². The molecule has 0 saturated carbocycles. The average Bonchev–Trinajstić information content (AvgIpc) is 2.57. The van der Waals surface area contributed by atoms with Crippen LogP contribution < -0.4 is 64.2 Å². The quantitative estimate of drug-likeness (QED) is 0.361. The van der Waals surface area contributed by atoms with E-state index in [0.717, 1.165) is 4.90 Å². The van der Waals surface area contributed by atoms with Crippen LogP contribution in [0, 0.1) is 5.92 Å². The van der Waals surface area contributed by atoms with E-state index in [0.29, 0.717) is 0 Å². The number of carbonyl (C=O) groups is 2. The average molecular weight is 339 g/mol. The van der Waals surface area contributed by atoms with Crippen molar-refractivity contribution in [3.8, 4) is 0 Å². The van der Waals surface area contributed by atoms with Crippen molar-refractivity contribution >= 4 is 22.2 Å². The number of likely N-dealkylation sites (tertiary alicyclic amines) is 1. The number of carboxylic acid groups (broad SMARTS) is 1. The maximum absolute atomic E-state index is 11.7. The molecule has 1 saturated heterocycles. The van der Waals surface area contributed by atoms with Gasteiger partial charge in [0.1, 0.15) is 5.60 Å². The maximum Gasteiger partial charge on any atom is 1.00 e. The first-order chi connectivity index (χ1) is 8.42. The molecule has 0 N–H and O–H groups in total. The zero-order chi connectivity index (χ0) is 15.0. The SMILES string of the molecule is CC(C)(C)OC(=O)N1CC(C(=O)[O-])C(S(=O)(=O)[O-])C1.[Na+].[Na+]. The second-order valence-electron chi connectivity index (χ2n) is 5.34. The van der Waals surface area contributed by atoms with Crippen molar-refractivity contribution in [3.63, 3.8) is 0 Å². The fourth-order valence-electron chi connectivity index (χ4n) is 1.77. The first-order valence-corrected chi connectivity index (χ1v) is 7.02. The maximum atomic E-state index is 11.7. The third-order valence-corrected chi connectivity index (χ3v) is 3.81. The van der Waals surface area contributed by atoms with E-state index in [9.17, 15) is 27.7 Å². The van der Waals surface area contributed by atoms with E-state index in [2.05, 4.69) is 0 Å². The molecule has 0 aliphatic carbocycles. The zero-order valence-corrected chi connectivity index (χ0v) is 17.6. The van der Waals surface area contributed by atoms with E-state index in [1.807, 2.05) is 0 Å². The first kappa shape index (κ1) is 23.9. The van der Waals surface area contributed by atoms with Gasteiger partial charge < -0.3 is 24.1 Å². The van der Waals surface area contributed by atoms with Crippen LogP contribution in [0.15, 0.2) is 0 Å². The van der Waals surface area contributed by atoms with E-state index >= 15 is 0 Å². The molecule has 8 nitrogen and oxygen atoms in total. The molecule has 21 heavy (non-hydrogen) atoms.